The van der Waals surface area contributed by atoms with Crippen LogP contribution in [0.1, 0.15) is 24.8 Å². The average molecular weight is 524 g/mol. The van der Waals surface area contributed by atoms with Gasteiger partial charge in [-0.3, -0.25) is 9.97 Å². The number of anilines is 1. The summed E-state index contributed by atoms with van der Waals surface area (Å²) >= 11 is 0. The van der Waals surface area contributed by atoms with Gasteiger partial charge < -0.3 is 9.64 Å². The Kier molecular flexibility index (Phi) is 6.02. The van der Waals surface area contributed by atoms with E-state index >= 15 is 4.39 Å². The monoisotopic (exact) mass is 523 g/mol. The van der Waals surface area contributed by atoms with E-state index in [1.165, 1.54) is 31.4 Å². The second-order valence-electron chi connectivity index (χ2n) is 10.6. The fourth-order valence-electron chi connectivity index (χ4n) is 6.15. The first-order valence-electron chi connectivity index (χ1n) is 13.4. The van der Waals surface area contributed by atoms with E-state index in [0.717, 1.165) is 24.0 Å². The zero-order valence-corrected chi connectivity index (χ0v) is 21.4. The van der Waals surface area contributed by atoms with Gasteiger partial charge in [-0.25, -0.2) is 8.78 Å². The first-order chi connectivity index (χ1) is 19.1. The lowest BCUT2D eigenvalue weighted by Gasteiger charge is -2.33. The van der Waals surface area contributed by atoms with Crippen LogP contribution in [0.5, 0.6) is 6.01 Å². The van der Waals surface area contributed by atoms with Gasteiger partial charge >= 0.3 is 6.01 Å². The lowest BCUT2D eigenvalue weighted by atomic mass is 9.98. The molecule has 4 heterocycles. The molecule has 0 N–H and O–H groups in total. The number of halogens is 2. The maximum absolute atomic E-state index is 16.3. The zero-order valence-electron chi connectivity index (χ0n) is 21.4. The maximum atomic E-state index is 16.3. The molecule has 1 aliphatic heterocycles. The molecule has 39 heavy (non-hydrogen) atoms. The second-order valence-corrected chi connectivity index (χ2v) is 10.6. The molecule has 1 saturated heterocycles. The first kappa shape index (κ1) is 23.9. The molecule has 2 unspecified atom stereocenters. The molecule has 196 valence electrons. The van der Waals surface area contributed by atoms with Crippen LogP contribution in [-0.2, 0) is 6.42 Å². The van der Waals surface area contributed by atoms with Gasteiger partial charge in [0.25, 0.3) is 0 Å². The lowest BCUT2D eigenvalue weighted by Crippen LogP contribution is -2.37. The van der Waals surface area contributed by atoms with Gasteiger partial charge in [0, 0.05) is 43.7 Å². The van der Waals surface area contributed by atoms with Crippen molar-refractivity contribution in [2.75, 3.05) is 24.6 Å². The fraction of sp³-hybridized carbons (Fsp3) is 0.290. The largest absolute Gasteiger partial charge is 0.463 e. The summed E-state index contributed by atoms with van der Waals surface area (Å²) in [6, 6.07) is 14.0. The number of nitrogens with zero attached hydrogens (tertiary/aromatic N) is 5. The summed E-state index contributed by atoms with van der Waals surface area (Å²) in [7, 11) is 0. The highest BCUT2D eigenvalue weighted by molar-refractivity contribution is 5.99. The molecule has 0 spiro atoms. The van der Waals surface area contributed by atoms with Crippen LogP contribution in [0.25, 0.3) is 32.9 Å². The molecule has 1 saturated carbocycles. The van der Waals surface area contributed by atoms with Crippen molar-refractivity contribution in [3.8, 4) is 17.3 Å². The number of fused-ring (bicyclic) bond motifs is 4. The number of hydrogen-bond acceptors (Lipinski definition) is 6. The van der Waals surface area contributed by atoms with Gasteiger partial charge in [0.1, 0.15) is 22.8 Å². The third-order valence-electron chi connectivity index (χ3n) is 7.99. The maximum Gasteiger partial charge on any atom is 0.319 e. The van der Waals surface area contributed by atoms with Crippen molar-refractivity contribution in [1.29, 1.82) is 0 Å². The summed E-state index contributed by atoms with van der Waals surface area (Å²) in [6.07, 6.45) is 9.47. The Balaban J connectivity index is 1.32. The van der Waals surface area contributed by atoms with Gasteiger partial charge in [-0.05, 0) is 65.6 Å². The van der Waals surface area contributed by atoms with Crippen molar-refractivity contribution in [3.05, 3.63) is 84.3 Å². The summed E-state index contributed by atoms with van der Waals surface area (Å²) in [5.41, 5.74) is 1.84. The lowest BCUT2D eigenvalue weighted by molar-refractivity contribution is 0.296. The van der Waals surface area contributed by atoms with Gasteiger partial charge in [-0.2, -0.15) is 9.97 Å². The Morgan fingerprint density at radius 1 is 0.923 bits per heavy atom. The Hall–Kier alpha value is -4.20. The number of pyridine rings is 2. The van der Waals surface area contributed by atoms with Crippen LogP contribution < -0.4 is 9.64 Å². The quantitative estimate of drug-likeness (QED) is 0.258. The van der Waals surface area contributed by atoms with Gasteiger partial charge in [0.15, 0.2) is 5.82 Å². The van der Waals surface area contributed by atoms with Crippen molar-refractivity contribution in [1.82, 2.24) is 19.9 Å². The second kappa shape index (κ2) is 9.84. The van der Waals surface area contributed by atoms with E-state index in [-0.39, 0.29) is 23.0 Å². The smallest absolute Gasteiger partial charge is 0.319 e. The normalized spacial score (nSPS) is 18.7. The van der Waals surface area contributed by atoms with Crippen molar-refractivity contribution >= 4 is 27.5 Å². The van der Waals surface area contributed by atoms with E-state index in [2.05, 4.69) is 19.9 Å². The van der Waals surface area contributed by atoms with E-state index in [0.29, 0.717) is 47.0 Å². The molecule has 8 heteroatoms. The van der Waals surface area contributed by atoms with Crippen LogP contribution in [0.15, 0.2) is 67.1 Å². The summed E-state index contributed by atoms with van der Waals surface area (Å²) in [6.45, 7) is 2.09. The molecule has 1 aliphatic carbocycles. The van der Waals surface area contributed by atoms with E-state index in [9.17, 15) is 4.39 Å². The summed E-state index contributed by atoms with van der Waals surface area (Å²) in [4.78, 5) is 20.3. The van der Waals surface area contributed by atoms with Crippen LogP contribution in [-0.4, -0.2) is 39.6 Å². The summed E-state index contributed by atoms with van der Waals surface area (Å²) in [5, 5.41) is 1.96. The number of benzene rings is 2. The predicted molar refractivity (Wildman–Crippen MR) is 147 cm³/mol. The molecule has 2 bridgehead atoms. The Morgan fingerprint density at radius 2 is 1.79 bits per heavy atom. The number of rotatable bonds is 6. The number of piperidine rings is 1. The van der Waals surface area contributed by atoms with Gasteiger partial charge in [-0.1, -0.05) is 30.3 Å². The van der Waals surface area contributed by atoms with Crippen LogP contribution in [0.3, 0.4) is 0 Å². The molecular formula is C31H27F2N5O. The topological polar surface area (TPSA) is 64.0 Å². The third-order valence-corrected chi connectivity index (χ3v) is 7.99. The molecule has 2 fully saturated rings. The molecule has 2 aromatic carbocycles. The van der Waals surface area contributed by atoms with Crippen LogP contribution in [0.2, 0.25) is 0 Å². The summed E-state index contributed by atoms with van der Waals surface area (Å²) < 4.78 is 36.5. The van der Waals surface area contributed by atoms with E-state index in [1.807, 2.05) is 24.3 Å². The molecule has 6 nitrogen and oxygen atoms in total. The minimum atomic E-state index is -0.565. The molecule has 0 radical (unpaired) electrons. The standard InChI is InChI=1S/C31H27F2N5O/c32-23-9-8-22-4-1-5-24(25(22)14-23)28-27(33)29-26(16-35-28)30(38-17-20-6-7-21(13-20)18-38)37-31(36-29)39-12-10-19-3-2-11-34-15-19/h1-5,8-9,11,14-16,20-21H,6-7,10,12-13,17-18H2. The van der Waals surface area contributed by atoms with Crippen molar-refractivity contribution in [3.63, 3.8) is 0 Å². The van der Waals surface area contributed by atoms with Crippen LogP contribution >= 0.6 is 0 Å². The Bertz CT molecular complexity index is 1670. The SMILES string of the molecule is Fc1ccc2cccc(-c3ncc4c(N5CC6CCC(C6)C5)nc(OCCc5cccnc5)nc4c3F)c2c1. The molecule has 3 aromatic heterocycles. The van der Waals surface area contributed by atoms with Crippen molar-refractivity contribution < 1.29 is 13.5 Å². The highest BCUT2D eigenvalue weighted by atomic mass is 19.1. The van der Waals surface area contributed by atoms with Gasteiger partial charge in [-0.15, -0.1) is 0 Å². The van der Waals surface area contributed by atoms with Crippen molar-refractivity contribution in [2.24, 2.45) is 11.8 Å². The highest BCUT2D eigenvalue weighted by Gasteiger charge is 2.34. The Morgan fingerprint density at radius 3 is 2.62 bits per heavy atom. The zero-order chi connectivity index (χ0) is 26.3. The predicted octanol–water partition coefficient (Wildman–Crippen LogP) is 6.38. The molecule has 2 atom stereocenters. The van der Waals surface area contributed by atoms with E-state index < -0.39 is 5.82 Å². The minimum absolute atomic E-state index is 0.128. The van der Waals surface area contributed by atoms with E-state index in [1.54, 1.807) is 30.7 Å². The van der Waals surface area contributed by atoms with Crippen molar-refractivity contribution in [2.45, 2.75) is 25.7 Å². The number of ether oxygens (including phenoxy) is 1. The summed E-state index contributed by atoms with van der Waals surface area (Å²) in [5.74, 6) is 0.947. The van der Waals surface area contributed by atoms with Gasteiger partial charge in [0.2, 0.25) is 0 Å². The molecule has 2 aliphatic rings. The molecular weight excluding hydrogens is 496 g/mol. The molecule has 5 aromatic rings. The molecule has 0 amide bonds. The van der Waals surface area contributed by atoms with Gasteiger partial charge in [0.05, 0.1) is 12.0 Å². The van der Waals surface area contributed by atoms with E-state index in [4.69, 9.17) is 9.72 Å². The minimum Gasteiger partial charge on any atom is -0.463 e. The third kappa shape index (κ3) is 4.54. The van der Waals surface area contributed by atoms with Crippen LogP contribution in [0, 0.1) is 23.5 Å². The average Bonchev–Trinajstić information content (AvgIpc) is 3.30. The highest BCUT2D eigenvalue weighted by Crippen LogP contribution is 2.40. The molecule has 7 rings (SSSR count). The van der Waals surface area contributed by atoms with Crippen LogP contribution in [0.4, 0.5) is 14.6 Å². The fourth-order valence-corrected chi connectivity index (χ4v) is 6.15. The number of hydrogen-bond donors (Lipinski definition) is 0. The number of aromatic nitrogens is 4. The first-order valence-corrected chi connectivity index (χ1v) is 13.4. The Labute approximate surface area is 224 Å².